The molecule has 170 valence electrons. The van der Waals surface area contributed by atoms with E-state index in [1.165, 1.54) is 18.4 Å². The van der Waals surface area contributed by atoms with Crippen molar-refractivity contribution in [2.75, 3.05) is 6.61 Å². The van der Waals surface area contributed by atoms with Crippen LogP contribution in [0.15, 0.2) is 46.9 Å². The summed E-state index contributed by atoms with van der Waals surface area (Å²) in [5.74, 6) is -2.95. The summed E-state index contributed by atoms with van der Waals surface area (Å²) in [6.07, 6.45) is 7.97. The molecule has 1 saturated carbocycles. The second kappa shape index (κ2) is 10.1. The molecule has 0 aliphatic heterocycles. The number of hydrogen-bond acceptors (Lipinski definition) is 6. The van der Waals surface area contributed by atoms with E-state index in [0.717, 1.165) is 30.9 Å². The van der Waals surface area contributed by atoms with Gasteiger partial charge in [0.2, 0.25) is 11.6 Å². The predicted molar refractivity (Wildman–Crippen MR) is 117 cm³/mol. The molecule has 0 amide bonds. The van der Waals surface area contributed by atoms with Crippen molar-refractivity contribution in [2.45, 2.75) is 65.3 Å². The number of aliphatic carboxylic acids is 1. The van der Waals surface area contributed by atoms with Crippen LogP contribution in [0.1, 0.15) is 59.3 Å². The number of hydrogen-bond donors (Lipinski definition) is 4. The van der Waals surface area contributed by atoms with E-state index in [4.69, 9.17) is 10.2 Å². The van der Waals surface area contributed by atoms with Crippen LogP contribution in [0.4, 0.5) is 0 Å². The summed E-state index contributed by atoms with van der Waals surface area (Å²) in [7, 11) is 0. The third-order valence-corrected chi connectivity index (χ3v) is 6.59. The van der Waals surface area contributed by atoms with Gasteiger partial charge in [-0.2, -0.15) is 0 Å². The normalized spacial score (nSPS) is 26.1. The topological polar surface area (TPSA) is 124 Å². The Morgan fingerprint density at radius 1 is 1.42 bits per heavy atom. The highest BCUT2D eigenvalue weighted by Crippen LogP contribution is 2.46. The molecule has 0 heterocycles. The predicted octanol–water partition coefficient (Wildman–Crippen LogP) is 3.37. The van der Waals surface area contributed by atoms with Gasteiger partial charge in [0.25, 0.3) is 0 Å². The summed E-state index contributed by atoms with van der Waals surface area (Å²) in [4.78, 5) is 35.4. The molecule has 0 spiro atoms. The number of rotatable bonds is 9. The van der Waals surface area contributed by atoms with Crippen molar-refractivity contribution in [3.05, 3.63) is 46.9 Å². The molecule has 7 heteroatoms. The minimum absolute atomic E-state index is 0.0617. The Morgan fingerprint density at radius 2 is 2.10 bits per heavy atom. The van der Waals surface area contributed by atoms with Gasteiger partial charge in [-0.15, -0.1) is 0 Å². The molecule has 0 aromatic carbocycles. The number of ketones is 2. The van der Waals surface area contributed by atoms with E-state index < -0.39 is 35.9 Å². The summed E-state index contributed by atoms with van der Waals surface area (Å²) in [6.45, 7) is 9.99. The van der Waals surface area contributed by atoms with Gasteiger partial charge in [0.05, 0.1) is 17.9 Å². The van der Waals surface area contributed by atoms with Crippen molar-refractivity contribution in [1.82, 2.24) is 5.32 Å². The van der Waals surface area contributed by atoms with Gasteiger partial charge < -0.3 is 20.6 Å². The molecule has 2 aliphatic carbocycles. The van der Waals surface area contributed by atoms with Gasteiger partial charge >= 0.3 is 5.97 Å². The number of carbonyl (C=O) groups is 3. The molecule has 2 aliphatic rings. The highest BCUT2D eigenvalue weighted by Gasteiger charge is 2.34. The second-order valence-corrected chi connectivity index (χ2v) is 8.93. The van der Waals surface area contributed by atoms with Crippen LogP contribution < -0.4 is 5.32 Å². The SMILES string of the molecule is C=C1[C@H](C)CCC[C@]1(C)CC/C(C)=C/CC1=C(O)C(N[C@@H](CO)C(=O)O)=CC(=O)C1=O. The highest BCUT2D eigenvalue weighted by molar-refractivity contribution is 6.48. The van der Waals surface area contributed by atoms with Crippen molar-refractivity contribution >= 4 is 17.5 Å². The zero-order valence-corrected chi connectivity index (χ0v) is 18.5. The minimum atomic E-state index is -1.40. The molecule has 1 fully saturated rings. The lowest BCUT2D eigenvalue weighted by Crippen LogP contribution is -2.41. The molecule has 0 bridgehead atoms. The summed E-state index contributed by atoms with van der Waals surface area (Å²) in [5.41, 5.74) is 2.15. The number of carbonyl (C=O) groups excluding carboxylic acids is 2. The fourth-order valence-corrected chi connectivity index (χ4v) is 4.22. The van der Waals surface area contributed by atoms with Gasteiger partial charge in [0.15, 0.2) is 0 Å². The molecule has 31 heavy (non-hydrogen) atoms. The van der Waals surface area contributed by atoms with Crippen molar-refractivity contribution in [3.8, 4) is 0 Å². The molecule has 2 rings (SSSR count). The van der Waals surface area contributed by atoms with E-state index in [0.29, 0.717) is 5.92 Å². The van der Waals surface area contributed by atoms with Gasteiger partial charge in [-0.25, -0.2) is 4.79 Å². The number of aliphatic hydroxyl groups excluding tert-OH is 2. The lowest BCUT2D eigenvalue weighted by Gasteiger charge is -2.40. The van der Waals surface area contributed by atoms with Crippen LogP contribution >= 0.6 is 0 Å². The quantitative estimate of drug-likeness (QED) is 0.251. The van der Waals surface area contributed by atoms with E-state index in [2.05, 4.69) is 25.7 Å². The number of allylic oxidation sites excluding steroid dienone is 5. The smallest absolute Gasteiger partial charge is 0.328 e. The van der Waals surface area contributed by atoms with Gasteiger partial charge in [0.1, 0.15) is 11.8 Å². The van der Waals surface area contributed by atoms with Crippen LogP contribution in [0.2, 0.25) is 0 Å². The summed E-state index contributed by atoms with van der Waals surface area (Å²) in [6, 6.07) is -1.40. The molecule has 0 saturated heterocycles. The highest BCUT2D eigenvalue weighted by atomic mass is 16.4. The maximum atomic E-state index is 12.3. The van der Waals surface area contributed by atoms with Crippen LogP contribution in [0.25, 0.3) is 0 Å². The van der Waals surface area contributed by atoms with E-state index >= 15 is 0 Å². The third-order valence-electron chi connectivity index (χ3n) is 6.59. The molecular weight excluding hydrogens is 398 g/mol. The average Bonchev–Trinajstić information content (AvgIpc) is 2.72. The number of aliphatic hydroxyl groups is 2. The molecule has 0 aromatic heterocycles. The number of carboxylic acids is 1. The van der Waals surface area contributed by atoms with Crippen LogP contribution in [0, 0.1) is 11.3 Å². The monoisotopic (exact) mass is 431 g/mol. The largest absolute Gasteiger partial charge is 0.505 e. The van der Waals surface area contributed by atoms with Gasteiger partial charge in [-0.3, -0.25) is 9.59 Å². The standard InChI is InChI=1S/C24H33NO6/c1-14(9-11-24(4)10-5-6-15(2)16(24)3)7-8-17-21(28)18(12-20(27)22(17)29)25-19(13-26)23(30)31/h7,12,15,19,25-26,28H,3,5-6,8-11,13H2,1-2,4H3,(H,30,31)/b14-7+/t15-,19+,24-/m1/s1. The maximum Gasteiger partial charge on any atom is 0.328 e. The molecule has 3 atom stereocenters. The van der Waals surface area contributed by atoms with Crippen molar-refractivity contribution in [2.24, 2.45) is 11.3 Å². The maximum absolute atomic E-state index is 12.3. The van der Waals surface area contributed by atoms with Crippen molar-refractivity contribution in [1.29, 1.82) is 0 Å². The minimum Gasteiger partial charge on any atom is -0.505 e. The first kappa shape index (κ1) is 24.6. The molecule has 0 radical (unpaired) electrons. The van der Waals surface area contributed by atoms with Crippen molar-refractivity contribution in [3.63, 3.8) is 0 Å². The lowest BCUT2D eigenvalue weighted by molar-refractivity contribution is -0.140. The Bertz CT molecular complexity index is 865. The number of nitrogens with one attached hydrogen (secondary N) is 1. The fourth-order valence-electron chi connectivity index (χ4n) is 4.22. The Kier molecular flexibility index (Phi) is 8.01. The zero-order chi connectivity index (χ0) is 23.3. The van der Waals surface area contributed by atoms with Crippen LogP contribution in [-0.2, 0) is 14.4 Å². The van der Waals surface area contributed by atoms with E-state index in [-0.39, 0.29) is 23.1 Å². The molecule has 0 unspecified atom stereocenters. The first-order chi connectivity index (χ1) is 14.5. The number of Topliss-reactive ketones (excluding diaryl/α,β-unsaturated/α-hetero) is 1. The Morgan fingerprint density at radius 3 is 2.71 bits per heavy atom. The first-order valence-corrected chi connectivity index (χ1v) is 10.7. The summed E-state index contributed by atoms with van der Waals surface area (Å²) < 4.78 is 0. The van der Waals surface area contributed by atoms with Gasteiger partial charge in [0, 0.05) is 6.08 Å². The Balaban J connectivity index is 2.11. The van der Waals surface area contributed by atoms with Crippen molar-refractivity contribution < 1.29 is 29.7 Å². The second-order valence-electron chi connectivity index (χ2n) is 8.93. The van der Waals surface area contributed by atoms with E-state index in [1.54, 1.807) is 0 Å². The third kappa shape index (κ3) is 5.73. The molecular formula is C24H33NO6. The zero-order valence-electron chi connectivity index (χ0n) is 18.5. The molecule has 0 aromatic rings. The van der Waals surface area contributed by atoms with Crippen LogP contribution in [0.3, 0.4) is 0 Å². The molecule has 7 nitrogen and oxygen atoms in total. The fraction of sp³-hybridized carbons (Fsp3) is 0.542. The Hall–Kier alpha value is -2.67. The lowest BCUT2D eigenvalue weighted by atomic mass is 9.65. The first-order valence-electron chi connectivity index (χ1n) is 10.7. The number of carboxylic acid groups (broad SMARTS) is 1. The van der Waals surface area contributed by atoms with Crippen LogP contribution in [-0.4, -0.2) is 45.5 Å². The van der Waals surface area contributed by atoms with Gasteiger partial charge in [-0.1, -0.05) is 44.1 Å². The average molecular weight is 432 g/mol. The molecule has 4 N–H and O–H groups in total. The van der Waals surface area contributed by atoms with E-state index in [1.807, 2.05) is 13.0 Å². The van der Waals surface area contributed by atoms with Crippen LogP contribution in [0.5, 0.6) is 0 Å². The van der Waals surface area contributed by atoms with Gasteiger partial charge in [-0.05, 0) is 50.4 Å². The van der Waals surface area contributed by atoms with E-state index in [9.17, 15) is 19.5 Å². The summed E-state index contributed by atoms with van der Waals surface area (Å²) in [5, 5.41) is 31.1. The summed E-state index contributed by atoms with van der Waals surface area (Å²) >= 11 is 0. The Labute approximate surface area is 183 Å².